The van der Waals surface area contributed by atoms with Crippen molar-refractivity contribution in [1.82, 2.24) is 4.90 Å². The van der Waals surface area contributed by atoms with Crippen molar-refractivity contribution in [2.24, 2.45) is 17.7 Å². The van der Waals surface area contributed by atoms with Crippen molar-refractivity contribution in [3.05, 3.63) is 58.1 Å². The first-order valence-corrected chi connectivity index (χ1v) is 14.3. The van der Waals surface area contributed by atoms with Crippen LogP contribution in [0.2, 0.25) is 0 Å². The maximum absolute atomic E-state index is 13.5. The quantitative estimate of drug-likeness (QED) is 0.375. The third-order valence-corrected chi connectivity index (χ3v) is 9.26. The molecule has 5 N–H and O–H groups in total. The van der Waals surface area contributed by atoms with Gasteiger partial charge in [-0.05, 0) is 85.3 Å². The summed E-state index contributed by atoms with van der Waals surface area (Å²) in [4.78, 5) is 27.5. The van der Waals surface area contributed by atoms with E-state index in [0.717, 1.165) is 91.9 Å². The van der Waals surface area contributed by atoms with Crippen LogP contribution in [-0.4, -0.2) is 35.0 Å². The molecule has 0 spiro atoms. The van der Waals surface area contributed by atoms with Gasteiger partial charge in [-0.25, -0.2) is 5.84 Å². The SMILES string of the molecule is Cc1c2ccc(c1N)N(N)CCCCCC1CCC(CC1)C(=O)N1CCc3ccc(cc3C1)C2CC(=O)O. The van der Waals surface area contributed by atoms with Crippen LogP contribution < -0.4 is 16.6 Å². The van der Waals surface area contributed by atoms with E-state index in [1.54, 1.807) is 5.01 Å². The van der Waals surface area contributed by atoms with Gasteiger partial charge in [0.1, 0.15) is 0 Å². The number of carboxylic acids is 1. The number of carbonyl (C=O) groups excluding carboxylic acids is 1. The Balaban J connectivity index is 1.51. The summed E-state index contributed by atoms with van der Waals surface area (Å²) in [6.07, 6.45) is 9.63. The minimum Gasteiger partial charge on any atom is -0.481 e. The number of benzene rings is 2. The summed E-state index contributed by atoms with van der Waals surface area (Å²) >= 11 is 0. The van der Waals surface area contributed by atoms with Crippen LogP contribution in [0.1, 0.15) is 91.5 Å². The number of aliphatic carboxylic acids is 1. The molecule has 1 aliphatic carbocycles. The molecular weight excluding hydrogens is 476 g/mol. The molecule has 1 atom stereocenters. The number of hydrogen-bond donors (Lipinski definition) is 3. The fraction of sp³-hybridized carbons (Fsp3) is 0.548. The van der Waals surface area contributed by atoms with Crippen LogP contribution in [0.4, 0.5) is 11.4 Å². The summed E-state index contributed by atoms with van der Waals surface area (Å²) in [5, 5.41) is 11.6. The van der Waals surface area contributed by atoms with E-state index in [-0.39, 0.29) is 18.3 Å². The first-order chi connectivity index (χ1) is 18.3. The number of hydrazine groups is 1. The van der Waals surface area contributed by atoms with Crippen LogP contribution in [-0.2, 0) is 22.6 Å². The van der Waals surface area contributed by atoms with Crippen molar-refractivity contribution in [1.29, 1.82) is 0 Å². The lowest BCUT2D eigenvalue weighted by atomic mass is 9.79. The van der Waals surface area contributed by atoms with Gasteiger partial charge in [0.2, 0.25) is 5.91 Å². The van der Waals surface area contributed by atoms with Crippen molar-refractivity contribution in [3.63, 3.8) is 0 Å². The third kappa shape index (κ3) is 5.53. The van der Waals surface area contributed by atoms with Crippen LogP contribution in [0.5, 0.6) is 0 Å². The van der Waals surface area contributed by atoms with Gasteiger partial charge in [0, 0.05) is 31.5 Å². The van der Waals surface area contributed by atoms with Gasteiger partial charge in [0.15, 0.2) is 0 Å². The van der Waals surface area contributed by atoms with E-state index < -0.39 is 5.97 Å². The average molecular weight is 519 g/mol. The molecule has 1 saturated carbocycles. The van der Waals surface area contributed by atoms with Gasteiger partial charge in [-0.2, -0.15) is 0 Å². The molecule has 6 aliphatic rings. The molecule has 7 heteroatoms. The van der Waals surface area contributed by atoms with Gasteiger partial charge in [0.25, 0.3) is 0 Å². The predicted octanol–water partition coefficient (Wildman–Crippen LogP) is 5.13. The number of hydrogen-bond acceptors (Lipinski definition) is 5. The first kappa shape index (κ1) is 26.5. The van der Waals surface area contributed by atoms with Gasteiger partial charge < -0.3 is 20.7 Å². The van der Waals surface area contributed by atoms with Crippen LogP contribution in [0.15, 0.2) is 30.3 Å². The van der Waals surface area contributed by atoms with Gasteiger partial charge in [0.05, 0.1) is 17.8 Å². The summed E-state index contributed by atoms with van der Waals surface area (Å²) in [5.41, 5.74) is 13.1. The lowest BCUT2D eigenvalue weighted by Crippen LogP contribution is -2.41. The molecule has 0 saturated heterocycles. The van der Waals surface area contributed by atoms with Crippen molar-refractivity contribution in [3.8, 4) is 0 Å². The Hall–Kier alpha value is -3.06. The third-order valence-electron chi connectivity index (χ3n) is 9.26. The Labute approximate surface area is 226 Å². The van der Waals surface area contributed by atoms with Crippen molar-refractivity contribution >= 4 is 23.3 Å². The molecule has 38 heavy (non-hydrogen) atoms. The Morgan fingerprint density at radius 3 is 2.55 bits per heavy atom. The maximum Gasteiger partial charge on any atom is 0.304 e. The Kier molecular flexibility index (Phi) is 7.93. The van der Waals surface area contributed by atoms with Crippen LogP contribution >= 0.6 is 0 Å². The van der Waals surface area contributed by atoms with Gasteiger partial charge in [-0.1, -0.05) is 43.5 Å². The Morgan fingerprint density at radius 1 is 1.00 bits per heavy atom. The summed E-state index contributed by atoms with van der Waals surface area (Å²) in [6.45, 7) is 4.05. The highest BCUT2D eigenvalue weighted by molar-refractivity contribution is 5.79. The van der Waals surface area contributed by atoms with Gasteiger partial charge in [-0.15, -0.1) is 0 Å². The van der Waals surface area contributed by atoms with Gasteiger partial charge >= 0.3 is 5.97 Å². The molecule has 204 valence electrons. The number of carboxylic acid groups (broad SMARTS) is 1. The van der Waals surface area contributed by atoms with E-state index in [9.17, 15) is 14.7 Å². The second kappa shape index (κ2) is 11.4. The second-order valence-corrected chi connectivity index (χ2v) is 11.7. The summed E-state index contributed by atoms with van der Waals surface area (Å²) in [7, 11) is 0. The first-order valence-electron chi connectivity index (χ1n) is 14.3. The van der Waals surface area contributed by atoms with Crippen LogP contribution in [0.25, 0.3) is 0 Å². The Morgan fingerprint density at radius 2 is 1.79 bits per heavy atom. The number of carbonyl (C=O) groups is 2. The number of nitrogens with zero attached hydrogens (tertiary/aromatic N) is 2. The second-order valence-electron chi connectivity index (χ2n) is 11.7. The molecule has 0 radical (unpaired) electrons. The van der Waals surface area contributed by atoms with Crippen molar-refractivity contribution < 1.29 is 14.7 Å². The van der Waals surface area contributed by atoms with E-state index in [2.05, 4.69) is 18.2 Å². The molecule has 2 aromatic carbocycles. The standard InChI is InChI=1S/C31H42N4O3/c1-20-26-12-13-28(30(20)32)35(33)15-4-2-3-5-21-6-8-23(9-7-21)31(38)34-16-14-22-10-11-24(17-25(22)19-34)27(26)18-29(36)37/h10-13,17,21,23,27H,2-9,14-16,18-19,32-33H2,1H3,(H,36,37). The molecule has 0 aromatic heterocycles. The van der Waals surface area contributed by atoms with E-state index in [1.807, 2.05) is 24.0 Å². The molecule has 1 unspecified atom stereocenters. The minimum atomic E-state index is -0.854. The zero-order valence-corrected chi connectivity index (χ0v) is 22.6. The number of anilines is 2. The zero-order chi connectivity index (χ0) is 26.8. The number of rotatable bonds is 2. The average Bonchev–Trinajstić information content (AvgIpc) is 2.92. The highest BCUT2D eigenvalue weighted by Crippen LogP contribution is 2.38. The summed E-state index contributed by atoms with van der Waals surface area (Å²) < 4.78 is 0. The van der Waals surface area contributed by atoms with Crippen LogP contribution in [0.3, 0.4) is 0 Å². The molecule has 8 rings (SSSR count). The van der Waals surface area contributed by atoms with Crippen LogP contribution in [0, 0.1) is 18.8 Å². The molecule has 1 amide bonds. The lowest BCUT2D eigenvalue weighted by molar-refractivity contribution is -0.138. The van der Waals surface area contributed by atoms with E-state index >= 15 is 0 Å². The topological polar surface area (TPSA) is 113 Å². The normalized spacial score (nSPS) is 24.5. The Bertz CT molecular complexity index is 1190. The largest absolute Gasteiger partial charge is 0.481 e. The van der Waals surface area contributed by atoms with E-state index in [4.69, 9.17) is 11.6 Å². The highest BCUT2D eigenvalue weighted by atomic mass is 16.4. The summed E-state index contributed by atoms with van der Waals surface area (Å²) in [5.74, 6) is 6.41. The number of nitrogen functional groups attached to an aromatic ring is 1. The molecule has 5 aliphatic heterocycles. The fourth-order valence-electron chi connectivity index (χ4n) is 6.89. The number of amides is 1. The lowest BCUT2D eigenvalue weighted by Gasteiger charge is -2.35. The highest BCUT2D eigenvalue weighted by Gasteiger charge is 2.31. The molecular formula is C31H42N4O3. The van der Waals surface area contributed by atoms with E-state index in [0.29, 0.717) is 18.1 Å². The smallest absolute Gasteiger partial charge is 0.304 e. The maximum atomic E-state index is 13.5. The van der Waals surface area contributed by atoms with Gasteiger partial charge in [-0.3, -0.25) is 9.59 Å². The molecule has 2 aromatic rings. The molecule has 1 fully saturated rings. The van der Waals surface area contributed by atoms with E-state index in [1.165, 1.54) is 18.4 Å². The molecule has 7 nitrogen and oxygen atoms in total. The minimum absolute atomic E-state index is 0.0311. The fourth-order valence-corrected chi connectivity index (χ4v) is 6.89. The summed E-state index contributed by atoms with van der Waals surface area (Å²) in [6, 6.07) is 10.2. The monoisotopic (exact) mass is 518 g/mol. The van der Waals surface area contributed by atoms with Crippen molar-refractivity contribution in [2.75, 3.05) is 23.8 Å². The molecule has 7 bridgehead atoms. The zero-order valence-electron chi connectivity index (χ0n) is 22.6. The predicted molar refractivity (Wildman–Crippen MR) is 151 cm³/mol. The molecule has 5 heterocycles. The number of nitrogens with two attached hydrogens (primary N) is 2. The van der Waals surface area contributed by atoms with Crippen molar-refractivity contribution in [2.45, 2.75) is 83.6 Å².